The summed E-state index contributed by atoms with van der Waals surface area (Å²) in [6, 6.07) is 4.17. The van der Waals surface area contributed by atoms with E-state index in [2.05, 4.69) is 19.2 Å². The minimum absolute atomic E-state index is 0.256. The molecule has 2 atom stereocenters. The number of furan rings is 1. The van der Waals surface area contributed by atoms with Crippen molar-refractivity contribution in [1.82, 2.24) is 5.32 Å². The normalized spacial score (nSPS) is 15.1. The van der Waals surface area contributed by atoms with Gasteiger partial charge in [0.15, 0.2) is 0 Å². The van der Waals surface area contributed by atoms with Gasteiger partial charge in [-0.15, -0.1) is 0 Å². The fourth-order valence-corrected chi connectivity index (χ4v) is 1.44. The summed E-state index contributed by atoms with van der Waals surface area (Å²) in [4.78, 5) is 0. The minimum atomic E-state index is 0.256. The molecule has 0 radical (unpaired) electrons. The van der Waals surface area contributed by atoms with Gasteiger partial charge in [-0.3, -0.25) is 0 Å². The lowest BCUT2D eigenvalue weighted by atomic mass is 10.0. The molecule has 15 heavy (non-hydrogen) atoms. The first kappa shape index (κ1) is 12.3. The van der Waals surface area contributed by atoms with E-state index in [9.17, 15) is 0 Å². The third kappa shape index (κ3) is 4.49. The van der Waals surface area contributed by atoms with E-state index < -0.39 is 0 Å². The molecule has 2 unspecified atom stereocenters. The highest BCUT2D eigenvalue weighted by molar-refractivity contribution is 4.98. The highest BCUT2D eigenvalue weighted by atomic mass is 16.3. The van der Waals surface area contributed by atoms with Crippen LogP contribution in [0.25, 0.3) is 0 Å². The molecule has 0 saturated carbocycles. The van der Waals surface area contributed by atoms with Crippen molar-refractivity contribution in [3.8, 4) is 0 Å². The Morgan fingerprint density at radius 2 is 2.33 bits per heavy atom. The van der Waals surface area contributed by atoms with Crippen molar-refractivity contribution < 1.29 is 4.42 Å². The maximum Gasteiger partial charge on any atom is 0.105 e. The Kier molecular flexibility index (Phi) is 5.43. The highest BCUT2D eigenvalue weighted by Gasteiger charge is 2.09. The zero-order valence-electron chi connectivity index (χ0n) is 9.70. The second-order valence-electron chi connectivity index (χ2n) is 4.08. The van der Waals surface area contributed by atoms with Gasteiger partial charge in [0.2, 0.25) is 0 Å². The van der Waals surface area contributed by atoms with Gasteiger partial charge in [0, 0.05) is 25.6 Å². The fourth-order valence-electron chi connectivity index (χ4n) is 1.44. The minimum Gasteiger partial charge on any atom is -0.469 e. The second-order valence-corrected chi connectivity index (χ2v) is 4.08. The van der Waals surface area contributed by atoms with Crippen molar-refractivity contribution in [2.75, 3.05) is 13.1 Å². The topological polar surface area (TPSA) is 51.2 Å². The molecular formula is C12H22N2O. The molecule has 1 aromatic heterocycles. The molecular weight excluding hydrogens is 188 g/mol. The highest BCUT2D eigenvalue weighted by Crippen LogP contribution is 2.04. The van der Waals surface area contributed by atoms with Crippen molar-refractivity contribution in [3.05, 3.63) is 24.2 Å². The molecule has 0 amide bonds. The quantitative estimate of drug-likeness (QED) is 0.675. The fraction of sp³-hybridized carbons (Fsp3) is 0.667. The Hall–Kier alpha value is -0.800. The maximum absolute atomic E-state index is 6.00. The summed E-state index contributed by atoms with van der Waals surface area (Å²) in [6.07, 6.45) is 3.78. The largest absolute Gasteiger partial charge is 0.469 e. The van der Waals surface area contributed by atoms with Crippen LogP contribution in [0.15, 0.2) is 22.8 Å². The molecule has 1 heterocycles. The predicted molar refractivity (Wildman–Crippen MR) is 62.7 cm³/mol. The number of hydrogen-bond donors (Lipinski definition) is 2. The van der Waals surface area contributed by atoms with Gasteiger partial charge in [-0.25, -0.2) is 0 Å². The summed E-state index contributed by atoms with van der Waals surface area (Å²) in [5.74, 6) is 1.61. The van der Waals surface area contributed by atoms with Crippen LogP contribution in [0, 0.1) is 5.92 Å². The van der Waals surface area contributed by atoms with E-state index in [-0.39, 0.29) is 6.04 Å². The van der Waals surface area contributed by atoms with Crippen LogP contribution in [0.2, 0.25) is 0 Å². The second kappa shape index (κ2) is 6.64. The van der Waals surface area contributed by atoms with Gasteiger partial charge in [-0.1, -0.05) is 20.3 Å². The number of nitrogens with one attached hydrogen (secondary N) is 1. The molecule has 1 rings (SSSR count). The lowest BCUT2D eigenvalue weighted by Gasteiger charge is -2.18. The zero-order valence-corrected chi connectivity index (χ0v) is 9.70. The molecule has 0 aliphatic carbocycles. The first-order valence-corrected chi connectivity index (χ1v) is 5.72. The van der Waals surface area contributed by atoms with E-state index in [1.807, 2.05) is 12.1 Å². The number of hydrogen-bond acceptors (Lipinski definition) is 3. The first-order chi connectivity index (χ1) is 7.24. The third-order valence-electron chi connectivity index (χ3n) is 2.88. The SMILES string of the molecule is CCC(C)C(N)CNCCc1ccco1. The molecule has 0 aliphatic heterocycles. The van der Waals surface area contributed by atoms with E-state index in [1.165, 1.54) is 0 Å². The average Bonchev–Trinajstić information content (AvgIpc) is 2.75. The summed E-state index contributed by atoms with van der Waals surface area (Å²) in [5, 5.41) is 3.35. The van der Waals surface area contributed by atoms with Gasteiger partial charge in [-0.2, -0.15) is 0 Å². The molecule has 0 fully saturated rings. The van der Waals surface area contributed by atoms with Gasteiger partial charge in [0.1, 0.15) is 5.76 Å². The molecule has 0 bridgehead atoms. The van der Waals surface area contributed by atoms with Crippen LogP contribution in [0.1, 0.15) is 26.0 Å². The van der Waals surface area contributed by atoms with Gasteiger partial charge in [-0.05, 0) is 18.1 Å². The Bertz CT molecular complexity index is 246. The number of nitrogens with two attached hydrogens (primary N) is 1. The zero-order chi connectivity index (χ0) is 11.1. The van der Waals surface area contributed by atoms with Crippen LogP contribution >= 0.6 is 0 Å². The third-order valence-corrected chi connectivity index (χ3v) is 2.88. The molecule has 0 saturated heterocycles. The molecule has 3 heteroatoms. The summed E-state index contributed by atoms with van der Waals surface area (Å²) >= 11 is 0. The average molecular weight is 210 g/mol. The van der Waals surface area contributed by atoms with Crippen molar-refractivity contribution >= 4 is 0 Å². The number of rotatable bonds is 7. The Morgan fingerprint density at radius 1 is 1.53 bits per heavy atom. The molecule has 3 N–H and O–H groups in total. The van der Waals surface area contributed by atoms with Crippen molar-refractivity contribution in [2.45, 2.75) is 32.7 Å². The van der Waals surface area contributed by atoms with Crippen molar-refractivity contribution in [3.63, 3.8) is 0 Å². The molecule has 0 spiro atoms. The predicted octanol–water partition coefficient (Wildman–Crippen LogP) is 1.79. The van der Waals surface area contributed by atoms with Gasteiger partial charge >= 0.3 is 0 Å². The molecule has 1 aromatic rings. The Labute approximate surface area is 92.0 Å². The lowest BCUT2D eigenvalue weighted by molar-refractivity contribution is 0.415. The van der Waals surface area contributed by atoms with Crippen LogP contribution < -0.4 is 11.1 Å². The maximum atomic E-state index is 6.00. The van der Waals surface area contributed by atoms with Crippen LogP contribution in [0.4, 0.5) is 0 Å². The Morgan fingerprint density at radius 3 is 2.93 bits per heavy atom. The monoisotopic (exact) mass is 210 g/mol. The van der Waals surface area contributed by atoms with Gasteiger partial charge < -0.3 is 15.5 Å². The summed E-state index contributed by atoms with van der Waals surface area (Å²) in [6.45, 7) is 6.18. The molecule has 0 aromatic carbocycles. The Balaban J connectivity index is 2.06. The van der Waals surface area contributed by atoms with Crippen LogP contribution in [0.5, 0.6) is 0 Å². The smallest absolute Gasteiger partial charge is 0.105 e. The molecule has 3 nitrogen and oxygen atoms in total. The van der Waals surface area contributed by atoms with Crippen molar-refractivity contribution in [1.29, 1.82) is 0 Å². The van der Waals surface area contributed by atoms with Crippen LogP contribution in [-0.4, -0.2) is 19.1 Å². The van der Waals surface area contributed by atoms with E-state index >= 15 is 0 Å². The molecule has 86 valence electrons. The first-order valence-electron chi connectivity index (χ1n) is 5.72. The van der Waals surface area contributed by atoms with Crippen LogP contribution in [-0.2, 0) is 6.42 Å². The van der Waals surface area contributed by atoms with E-state index in [0.717, 1.165) is 31.7 Å². The van der Waals surface area contributed by atoms with Crippen LogP contribution in [0.3, 0.4) is 0 Å². The lowest BCUT2D eigenvalue weighted by Crippen LogP contribution is -2.39. The van der Waals surface area contributed by atoms with E-state index in [0.29, 0.717) is 5.92 Å². The van der Waals surface area contributed by atoms with Crippen molar-refractivity contribution in [2.24, 2.45) is 11.7 Å². The standard InChI is InChI=1S/C12H22N2O/c1-3-10(2)12(13)9-14-7-6-11-5-4-8-15-11/h4-5,8,10,12,14H,3,6-7,9,13H2,1-2H3. The summed E-state index contributed by atoms with van der Waals surface area (Å²) < 4.78 is 5.24. The summed E-state index contributed by atoms with van der Waals surface area (Å²) in [7, 11) is 0. The van der Waals surface area contributed by atoms with E-state index in [4.69, 9.17) is 10.2 Å². The molecule has 0 aliphatic rings. The van der Waals surface area contributed by atoms with Gasteiger partial charge in [0.25, 0.3) is 0 Å². The van der Waals surface area contributed by atoms with Gasteiger partial charge in [0.05, 0.1) is 6.26 Å². The van der Waals surface area contributed by atoms with E-state index in [1.54, 1.807) is 6.26 Å². The summed E-state index contributed by atoms with van der Waals surface area (Å²) in [5.41, 5.74) is 6.00.